The van der Waals surface area contributed by atoms with E-state index in [2.05, 4.69) is 5.32 Å². The van der Waals surface area contributed by atoms with E-state index in [0.717, 1.165) is 21.7 Å². The lowest BCUT2D eigenvalue weighted by Crippen LogP contribution is -2.26. The molecule has 0 aliphatic rings. The van der Waals surface area contributed by atoms with Crippen molar-refractivity contribution in [3.63, 3.8) is 0 Å². The predicted molar refractivity (Wildman–Crippen MR) is 115 cm³/mol. The van der Waals surface area contributed by atoms with E-state index in [1.54, 1.807) is 36.4 Å². The third kappa shape index (κ3) is 4.52. The van der Waals surface area contributed by atoms with Crippen molar-refractivity contribution >= 4 is 38.9 Å². The van der Waals surface area contributed by atoms with Crippen molar-refractivity contribution in [1.82, 2.24) is 0 Å². The third-order valence-corrected chi connectivity index (χ3v) is 5.74. The Morgan fingerprint density at radius 2 is 1.57 bits per heavy atom. The average molecular weight is 415 g/mol. The highest BCUT2D eigenvalue weighted by atomic mass is 35.5. The van der Waals surface area contributed by atoms with Gasteiger partial charge < -0.3 is 5.32 Å². The topological polar surface area (TPSA) is 66.5 Å². The number of sulfonamides is 1. The highest BCUT2D eigenvalue weighted by Crippen LogP contribution is 2.32. The molecular formula is C21H19ClN2O3S. The molecule has 5 nitrogen and oxygen atoms in total. The highest BCUT2D eigenvalue weighted by Gasteiger charge is 2.18. The maximum absolute atomic E-state index is 12.7. The number of nitrogens with one attached hydrogen (secondary N) is 1. The number of anilines is 2. The third-order valence-electron chi connectivity index (χ3n) is 4.30. The van der Waals surface area contributed by atoms with Gasteiger partial charge in [0, 0.05) is 17.6 Å². The number of hydrogen-bond acceptors (Lipinski definition) is 3. The highest BCUT2D eigenvalue weighted by molar-refractivity contribution is 7.92. The maximum Gasteiger partial charge on any atom is 0.255 e. The van der Waals surface area contributed by atoms with Gasteiger partial charge >= 0.3 is 0 Å². The number of halogens is 1. The Balaban J connectivity index is 2.04. The summed E-state index contributed by atoms with van der Waals surface area (Å²) in [7, 11) is -2.05. The predicted octanol–water partition coefficient (Wildman–Crippen LogP) is 4.66. The van der Waals surface area contributed by atoms with Crippen LogP contribution in [0.3, 0.4) is 0 Å². The summed E-state index contributed by atoms with van der Waals surface area (Å²) in [5.41, 5.74) is 3.01. The van der Waals surface area contributed by atoms with Crippen LogP contribution >= 0.6 is 11.6 Å². The standard InChI is InChI=1S/C21H19ClN2O3S/c1-24(28(2,26)27)20-13-10-17(15-6-4-3-5-7-15)14-19(20)23-21(25)16-8-11-18(22)12-9-16/h3-14H,1-2H3,(H,23,25). The molecule has 0 fully saturated rings. The Morgan fingerprint density at radius 1 is 0.929 bits per heavy atom. The van der Waals surface area contributed by atoms with Crippen molar-refractivity contribution in [1.29, 1.82) is 0 Å². The molecule has 0 radical (unpaired) electrons. The molecule has 0 heterocycles. The minimum atomic E-state index is -3.50. The fourth-order valence-corrected chi connectivity index (χ4v) is 3.34. The number of carbonyl (C=O) groups excluding carboxylic acids is 1. The summed E-state index contributed by atoms with van der Waals surface area (Å²) in [6, 6.07) is 21.4. The molecule has 3 aromatic rings. The number of rotatable bonds is 5. The summed E-state index contributed by atoms with van der Waals surface area (Å²) in [6.07, 6.45) is 1.11. The zero-order valence-corrected chi connectivity index (χ0v) is 17.0. The molecular weight excluding hydrogens is 396 g/mol. The van der Waals surface area contributed by atoms with Crippen LogP contribution in [0.15, 0.2) is 72.8 Å². The van der Waals surface area contributed by atoms with Crippen LogP contribution in [-0.2, 0) is 10.0 Å². The van der Waals surface area contributed by atoms with Crippen molar-refractivity contribution in [3.05, 3.63) is 83.4 Å². The molecule has 0 aliphatic heterocycles. The van der Waals surface area contributed by atoms with Crippen molar-refractivity contribution in [3.8, 4) is 11.1 Å². The van der Waals surface area contributed by atoms with E-state index in [1.165, 1.54) is 7.05 Å². The summed E-state index contributed by atoms with van der Waals surface area (Å²) < 4.78 is 25.2. The molecule has 0 aliphatic carbocycles. The molecule has 144 valence electrons. The molecule has 0 aromatic heterocycles. The van der Waals surface area contributed by atoms with Gasteiger partial charge in [-0.1, -0.05) is 48.0 Å². The van der Waals surface area contributed by atoms with E-state index < -0.39 is 10.0 Å². The Bertz CT molecular complexity index is 1100. The molecule has 7 heteroatoms. The van der Waals surface area contributed by atoms with Crippen molar-refractivity contribution in [2.75, 3.05) is 22.9 Å². The zero-order valence-electron chi connectivity index (χ0n) is 15.4. The lowest BCUT2D eigenvalue weighted by Gasteiger charge is -2.21. The largest absolute Gasteiger partial charge is 0.320 e. The van der Waals surface area contributed by atoms with E-state index in [4.69, 9.17) is 11.6 Å². The van der Waals surface area contributed by atoms with Gasteiger partial charge in [-0.2, -0.15) is 0 Å². The van der Waals surface area contributed by atoms with Crippen LogP contribution in [0.1, 0.15) is 10.4 Å². The summed E-state index contributed by atoms with van der Waals surface area (Å²) >= 11 is 5.88. The molecule has 0 atom stereocenters. The van der Waals surface area contributed by atoms with Gasteiger partial charge in [0.1, 0.15) is 0 Å². The van der Waals surface area contributed by atoms with Gasteiger partial charge in [0.05, 0.1) is 17.6 Å². The number of carbonyl (C=O) groups is 1. The van der Waals surface area contributed by atoms with Gasteiger partial charge in [0.25, 0.3) is 5.91 Å². The summed E-state index contributed by atoms with van der Waals surface area (Å²) in [5, 5.41) is 3.35. The van der Waals surface area contributed by atoms with Crippen LogP contribution in [0.5, 0.6) is 0 Å². The van der Waals surface area contributed by atoms with Crippen molar-refractivity contribution in [2.45, 2.75) is 0 Å². The van der Waals surface area contributed by atoms with Gasteiger partial charge in [-0.3, -0.25) is 9.10 Å². The Labute approximate surface area is 169 Å². The first-order valence-corrected chi connectivity index (χ1v) is 10.7. The van der Waals surface area contributed by atoms with Gasteiger partial charge in [-0.15, -0.1) is 0 Å². The Hall–Kier alpha value is -2.83. The zero-order chi connectivity index (χ0) is 20.3. The molecule has 1 N–H and O–H groups in total. The Morgan fingerprint density at radius 3 is 2.18 bits per heavy atom. The fraction of sp³-hybridized carbons (Fsp3) is 0.0952. The first kappa shape index (κ1) is 19.9. The van der Waals surface area contributed by atoms with Gasteiger partial charge in [-0.05, 0) is 47.5 Å². The number of hydrogen-bond donors (Lipinski definition) is 1. The molecule has 0 saturated carbocycles. The quantitative estimate of drug-likeness (QED) is 0.660. The lowest BCUT2D eigenvalue weighted by atomic mass is 10.0. The molecule has 3 aromatic carbocycles. The van der Waals surface area contributed by atoms with Crippen LogP contribution in [0.25, 0.3) is 11.1 Å². The van der Waals surface area contributed by atoms with Crippen LogP contribution in [0.2, 0.25) is 5.02 Å². The summed E-state index contributed by atoms with van der Waals surface area (Å²) in [6.45, 7) is 0. The van der Waals surface area contributed by atoms with Crippen LogP contribution < -0.4 is 9.62 Å². The van der Waals surface area contributed by atoms with Crippen LogP contribution in [0.4, 0.5) is 11.4 Å². The number of amides is 1. The van der Waals surface area contributed by atoms with E-state index >= 15 is 0 Å². The molecule has 1 amide bonds. The second kappa shape index (κ2) is 8.04. The van der Waals surface area contributed by atoms with E-state index in [-0.39, 0.29) is 5.91 Å². The van der Waals surface area contributed by atoms with Gasteiger partial charge in [-0.25, -0.2) is 8.42 Å². The van der Waals surface area contributed by atoms with E-state index in [1.807, 2.05) is 36.4 Å². The molecule has 0 saturated heterocycles. The monoisotopic (exact) mass is 414 g/mol. The number of nitrogens with zero attached hydrogens (tertiary/aromatic N) is 1. The van der Waals surface area contributed by atoms with Crippen molar-refractivity contribution < 1.29 is 13.2 Å². The van der Waals surface area contributed by atoms with Crippen LogP contribution in [0, 0.1) is 0 Å². The van der Waals surface area contributed by atoms with Crippen molar-refractivity contribution in [2.24, 2.45) is 0 Å². The fourth-order valence-electron chi connectivity index (χ4n) is 2.70. The molecule has 0 spiro atoms. The lowest BCUT2D eigenvalue weighted by molar-refractivity contribution is 0.102. The smallest absolute Gasteiger partial charge is 0.255 e. The molecule has 3 rings (SSSR count). The first-order valence-electron chi connectivity index (χ1n) is 8.46. The summed E-state index contributed by atoms with van der Waals surface area (Å²) in [5.74, 6) is -0.356. The van der Waals surface area contributed by atoms with E-state index in [9.17, 15) is 13.2 Å². The maximum atomic E-state index is 12.7. The number of benzene rings is 3. The van der Waals surface area contributed by atoms with E-state index in [0.29, 0.717) is 22.0 Å². The second-order valence-electron chi connectivity index (χ2n) is 6.29. The second-order valence-corrected chi connectivity index (χ2v) is 8.74. The SMILES string of the molecule is CN(c1ccc(-c2ccccc2)cc1NC(=O)c1ccc(Cl)cc1)S(C)(=O)=O. The minimum absolute atomic E-state index is 0.356. The molecule has 0 unspecified atom stereocenters. The summed E-state index contributed by atoms with van der Waals surface area (Å²) in [4.78, 5) is 12.7. The first-order chi connectivity index (χ1) is 13.3. The van der Waals surface area contributed by atoms with Gasteiger partial charge in [0.2, 0.25) is 10.0 Å². The molecule has 28 heavy (non-hydrogen) atoms. The minimum Gasteiger partial charge on any atom is -0.320 e. The van der Waals surface area contributed by atoms with Crippen LogP contribution in [-0.4, -0.2) is 27.6 Å². The Kier molecular flexibility index (Phi) is 5.72. The van der Waals surface area contributed by atoms with Gasteiger partial charge in [0.15, 0.2) is 0 Å². The molecule has 0 bridgehead atoms. The normalized spacial score (nSPS) is 11.1. The average Bonchev–Trinajstić information content (AvgIpc) is 2.68.